The first-order valence-corrected chi connectivity index (χ1v) is 6.47. The molecule has 4 nitrogen and oxygen atoms in total. The minimum Gasteiger partial charge on any atom is -0.378 e. The number of aromatic nitrogens is 2. The van der Waals surface area contributed by atoms with Crippen LogP contribution in [0.25, 0.3) is 11.3 Å². The molecule has 0 spiro atoms. The molecule has 1 N–H and O–H groups in total. The zero-order valence-corrected chi connectivity index (χ0v) is 11.9. The molecule has 0 saturated carbocycles. The van der Waals surface area contributed by atoms with Crippen LogP contribution in [0.4, 0.5) is 11.6 Å². The summed E-state index contributed by atoms with van der Waals surface area (Å²) in [5.74, 6) is 0.680. The van der Waals surface area contributed by atoms with Gasteiger partial charge in [0.15, 0.2) is 0 Å². The maximum absolute atomic E-state index is 4.57. The highest BCUT2D eigenvalue weighted by Gasteiger charge is 2.06. The molecule has 0 radical (unpaired) electrons. The molecule has 0 atom stereocenters. The number of anilines is 2. The van der Waals surface area contributed by atoms with E-state index in [1.54, 1.807) is 0 Å². The Hall–Kier alpha value is -2.10. The highest BCUT2D eigenvalue weighted by atomic mass is 15.1. The van der Waals surface area contributed by atoms with Crippen molar-refractivity contribution in [2.24, 2.45) is 0 Å². The van der Waals surface area contributed by atoms with Crippen LogP contribution in [0.15, 0.2) is 30.5 Å². The van der Waals surface area contributed by atoms with E-state index in [0.29, 0.717) is 5.95 Å². The third kappa shape index (κ3) is 3.02. The first kappa shape index (κ1) is 13.3. The second-order valence-corrected chi connectivity index (χ2v) is 4.70. The van der Waals surface area contributed by atoms with Gasteiger partial charge in [-0.1, -0.05) is 12.1 Å². The molecule has 1 aromatic heterocycles. The maximum atomic E-state index is 4.57. The van der Waals surface area contributed by atoms with Crippen LogP contribution < -0.4 is 10.2 Å². The van der Waals surface area contributed by atoms with Crippen molar-refractivity contribution in [1.82, 2.24) is 9.97 Å². The fourth-order valence-electron chi connectivity index (χ4n) is 1.90. The molecule has 2 rings (SSSR count). The summed E-state index contributed by atoms with van der Waals surface area (Å²) < 4.78 is 0. The highest BCUT2D eigenvalue weighted by molar-refractivity contribution is 5.66. The van der Waals surface area contributed by atoms with Gasteiger partial charge in [0.05, 0.1) is 5.69 Å². The lowest BCUT2D eigenvalue weighted by Crippen LogP contribution is -2.08. The second-order valence-electron chi connectivity index (χ2n) is 4.70. The van der Waals surface area contributed by atoms with Crippen LogP contribution in [0.5, 0.6) is 0 Å². The van der Waals surface area contributed by atoms with E-state index in [0.717, 1.165) is 23.4 Å². The van der Waals surface area contributed by atoms with Gasteiger partial charge in [0.2, 0.25) is 5.95 Å². The molecule has 0 bridgehead atoms. The van der Waals surface area contributed by atoms with Gasteiger partial charge in [-0.3, -0.25) is 0 Å². The Bertz CT molecular complexity index is 547. The van der Waals surface area contributed by atoms with Gasteiger partial charge < -0.3 is 10.2 Å². The van der Waals surface area contributed by atoms with Crippen LogP contribution in [0.1, 0.15) is 12.5 Å². The molecule has 0 aliphatic carbocycles. The molecule has 0 fully saturated rings. The lowest BCUT2D eigenvalue weighted by molar-refractivity contribution is 1.07. The molecule has 2 aromatic rings. The molecule has 19 heavy (non-hydrogen) atoms. The average Bonchev–Trinajstić information content (AvgIpc) is 2.41. The smallest absolute Gasteiger partial charge is 0.223 e. The fourth-order valence-corrected chi connectivity index (χ4v) is 1.90. The standard InChI is InChI=1S/C15H20N4/c1-5-16-15-17-10-11(2)14(18-15)12-6-8-13(9-7-12)19(3)4/h6-10H,5H2,1-4H3,(H,16,17,18). The molecule has 4 heteroatoms. The number of rotatable bonds is 4. The van der Waals surface area contributed by atoms with E-state index in [-0.39, 0.29) is 0 Å². The summed E-state index contributed by atoms with van der Waals surface area (Å²) in [6, 6.07) is 8.40. The van der Waals surface area contributed by atoms with Crippen LogP contribution in [0, 0.1) is 6.92 Å². The van der Waals surface area contributed by atoms with Gasteiger partial charge in [0, 0.05) is 38.1 Å². The number of benzene rings is 1. The third-order valence-electron chi connectivity index (χ3n) is 2.96. The van der Waals surface area contributed by atoms with Crippen LogP contribution in [0.3, 0.4) is 0 Å². The minimum atomic E-state index is 0.680. The number of aryl methyl sites for hydroxylation is 1. The molecule has 100 valence electrons. The molecular formula is C15H20N4. The van der Waals surface area contributed by atoms with Gasteiger partial charge in [-0.05, 0) is 31.5 Å². The summed E-state index contributed by atoms with van der Waals surface area (Å²) in [5, 5.41) is 3.14. The normalized spacial score (nSPS) is 10.3. The summed E-state index contributed by atoms with van der Waals surface area (Å²) >= 11 is 0. The topological polar surface area (TPSA) is 41.1 Å². The zero-order chi connectivity index (χ0) is 13.8. The van der Waals surface area contributed by atoms with E-state index < -0.39 is 0 Å². The zero-order valence-electron chi connectivity index (χ0n) is 11.9. The van der Waals surface area contributed by atoms with E-state index in [1.807, 2.05) is 34.1 Å². The van der Waals surface area contributed by atoms with Crippen molar-refractivity contribution in [1.29, 1.82) is 0 Å². The lowest BCUT2D eigenvalue weighted by atomic mass is 10.1. The Kier molecular flexibility index (Phi) is 4.00. The average molecular weight is 256 g/mol. The molecule has 0 aliphatic heterocycles. The Morgan fingerprint density at radius 2 is 1.84 bits per heavy atom. The fraction of sp³-hybridized carbons (Fsp3) is 0.333. The predicted octanol–water partition coefficient (Wildman–Crippen LogP) is 2.95. The monoisotopic (exact) mass is 256 g/mol. The van der Waals surface area contributed by atoms with Crippen molar-refractivity contribution in [3.05, 3.63) is 36.0 Å². The third-order valence-corrected chi connectivity index (χ3v) is 2.96. The van der Waals surface area contributed by atoms with Gasteiger partial charge in [-0.2, -0.15) is 0 Å². The first-order chi connectivity index (χ1) is 9.11. The Morgan fingerprint density at radius 1 is 1.16 bits per heavy atom. The lowest BCUT2D eigenvalue weighted by Gasteiger charge is -2.13. The SMILES string of the molecule is CCNc1ncc(C)c(-c2ccc(N(C)C)cc2)n1. The Balaban J connectivity index is 2.37. The van der Waals surface area contributed by atoms with Crippen molar-refractivity contribution in [3.8, 4) is 11.3 Å². The molecule has 0 unspecified atom stereocenters. The summed E-state index contributed by atoms with van der Waals surface area (Å²) in [6.07, 6.45) is 1.86. The van der Waals surface area contributed by atoms with E-state index in [4.69, 9.17) is 0 Å². The van der Waals surface area contributed by atoms with Crippen molar-refractivity contribution >= 4 is 11.6 Å². The highest BCUT2D eigenvalue weighted by Crippen LogP contribution is 2.24. The summed E-state index contributed by atoms with van der Waals surface area (Å²) in [4.78, 5) is 10.9. The molecule has 1 heterocycles. The first-order valence-electron chi connectivity index (χ1n) is 6.47. The molecule has 1 aromatic carbocycles. The van der Waals surface area contributed by atoms with Gasteiger partial charge in [-0.25, -0.2) is 9.97 Å². The number of hydrogen-bond donors (Lipinski definition) is 1. The van der Waals surface area contributed by atoms with E-state index >= 15 is 0 Å². The molecule has 0 amide bonds. The van der Waals surface area contributed by atoms with Crippen molar-refractivity contribution in [2.45, 2.75) is 13.8 Å². The van der Waals surface area contributed by atoms with Crippen molar-refractivity contribution in [3.63, 3.8) is 0 Å². The molecule has 0 saturated heterocycles. The summed E-state index contributed by atoms with van der Waals surface area (Å²) in [7, 11) is 4.07. The number of hydrogen-bond acceptors (Lipinski definition) is 4. The Morgan fingerprint density at radius 3 is 2.42 bits per heavy atom. The molecule has 0 aliphatic rings. The van der Waals surface area contributed by atoms with Gasteiger partial charge in [-0.15, -0.1) is 0 Å². The van der Waals surface area contributed by atoms with Crippen molar-refractivity contribution in [2.75, 3.05) is 30.9 Å². The van der Waals surface area contributed by atoms with E-state index in [1.165, 1.54) is 5.69 Å². The molecular weight excluding hydrogens is 236 g/mol. The van der Waals surface area contributed by atoms with Crippen LogP contribution in [0.2, 0.25) is 0 Å². The number of nitrogens with zero attached hydrogens (tertiary/aromatic N) is 3. The Labute approximate surface area is 114 Å². The maximum Gasteiger partial charge on any atom is 0.223 e. The van der Waals surface area contributed by atoms with Gasteiger partial charge in [0.25, 0.3) is 0 Å². The summed E-state index contributed by atoms with van der Waals surface area (Å²) in [6.45, 7) is 4.89. The van der Waals surface area contributed by atoms with Gasteiger partial charge in [0.1, 0.15) is 0 Å². The van der Waals surface area contributed by atoms with Crippen LogP contribution in [-0.2, 0) is 0 Å². The van der Waals surface area contributed by atoms with Gasteiger partial charge >= 0.3 is 0 Å². The number of nitrogens with one attached hydrogen (secondary N) is 1. The second kappa shape index (κ2) is 5.69. The van der Waals surface area contributed by atoms with Crippen LogP contribution in [-0.4, -0.2) is 30.6 Å². The minimum absolute atomic E-state index is 0.680. The largest absolute Gasteiger partial charge is 0.378 e. The quantitative estimate of drug-likeness (QED) is 0.913. The summed E-state index contributed by atoms with van der Waals surface area (Å²) in [5.41, 5.74) is 4.36. The van der Waals surface area contributed by atoms with E-state index in [9.17, 15) is 0 Å². The van der Waals surface area contributed by atoms with Crippen molar-refractivity contribution < 1.29 is 0 Å². The predicted molar refractivity (Wildman–Crippen MR) is 80.7 cm³/mol. The van der Waals surface area contributed by atoms with Crippen LogP contribution >= 0.6 is 0 Å². The van der Waals surface area contributed by atoms with E-state index in [2.05, 4.69) is 44.5 Å².